The van der Waals surface area contributed by atoms with Gasteiger partial charge in [0.2, 0.25) is 0 Å². The molecule has 0 saturated heterocycles. The first-order valence-electron chi connectivity index (χ1n) is 6.36. The summed E-state index contributed by atoms with van der Waals surface area (Å²) in [5.74, 6) is 0.846. The van der Waals surface area contributed by atoms with Crippen LogP contribution in [-0.2, 0) is 12.8 Å². The van der Waals surface area contributed by atoms with Crippen molar-refractivity contribution in [3.63, 3.8) is 0 Å². The Morgan fingerprint density at radius 1 is 1.35 bits per heavy atom. The van der Waals surface area contributed by atoms with Gasteiger partial charge in [0.05, 0.1) is 17.7 Å². The summed E-state index contributed by atoms with van der Waals surface area (Å²) in [7, 11) is 0. The first-order chi connectivity index (χ1) is 9.65. The Morgan fingerprint density at radius 2 is 2.20 bits per heavy atom. The molecular formula is C15H13Cl2NO2. The zero-order valence-corrected chi connectivity index (χ0v) is 12.2. The van der Waals surface area contributed by atoms with Crippen molar-refractivity contribution in [2.24, 2.45) is 0 Å². The predicted octanol–water partition coefficient (Wildman–Crippen LogP) is 3.60. The fourth-order valence-electron chi connectivity index (χ4n) is 2.47. The lowest BCUT2D eigenvalue weighted by molar-refractivity contribution is 0.177. The van der Waals surface area contributed by atoms with Crippen molar-refractivity contribution in [3.05, 3.63) is 57.3 Å². The van der Waals surface area contributed by atoms with E-state index in [0.29, 0.717) is 28.6 Å². The van der Waals surface area contributed by atoms with Crippen LogP contribution in [0.3, 0.4) is 0 Å². The van der Waals surface area contributed by atoms with Crippen molar-refractivity contribution in [3.8, 4) is 5.75 Å². The Bertz CT molecular complexity index is 646. The van der Waals surface area contributed by atoms with Crippen LogP contribution in [-0.4, -0.2) is 16.7 Å². The normalized spacial score (nSPS) is 14.8. The zero-order chi connectivity index (χ0) is 14.1. The molecule has 20 heavy (non-hydrogen) atoms. The number of benzene rings is 1. The first kappa shape index (κ1) is 13.7. The van der Waals surface area contributed by atoms with E-state index in [1.54, 1.807) is 12.3 Å². The summed E-state index contributed by atoms with van der Waals surface area (Å²) in [6.07, 6.45) is 3.70. The molecule has 0 fully saturated rings. The summed E-state index contributed by atoms with van der Waals surface area (Å²) in [6.45, 7) is 0.661. The van der Waals surface area contributed by atoms with E-state index in [1.807, 2.05) is 12.1 Å². The molecule has 0 spiro atoms. The number of aromatic nitrogens is 1. The number of halogens is 2. The average molecular weight is 310 g/mol. The highest BCUT2D eigenvalue weighted by Gasteiger charge is 2.21. The van der Waals surface area contributed by atoms with Crippen LogP contribution in [0.15, 0.2) is 30.6 Å². The van der Waals surface area contributed by atoms with Gasteiger partial charge in [0.15, 0.2) is 0 Å². The Labute approximate surface area is 127 Å². The van der Waals surface area contributed by atoms with Gasteiger partial charge < -0.3 is 9.84 Å². The molecule has 1 aromatic heterocycles. The average Bonchev–Trinajstić information content (AvgIpc) is 2.87. The third-order valence-electron chi connectivity index (χ3n) is 3.40. The lowest BCUT2D eigenvalue weighted by atomic mass is 9.99. The van der Waals surface area contributed by atoms with Crippen LogP contribution < -0.4 is 4.74 Å². The van der Waals surface area contributed by atoms with Gasteiger partial charge in [-0.3, -0.25) is 4.98 Å². The quantitative estimate of drug-likeness (QED) is 0.942. The van der Waals surface area contributed by atoms with E-state index in [4.69, 9.17) is 27.9 Å². The van der Waals surface area contributed by atoms with Gasteiger partial charge in [-0.2, -0.15) is 0 Å². The molecule has 5 heteroatoms. The predicted molar refractivity (Wildman–Crippen MR) is 78.6 cm³/mol. The molecule has 2 heterocycles. The molecular weight excluding hydrogens is 297 g/mol. The summed E-state index contributed by atoms with van der Waals surface area (Å²) in [6, 6.07) is 5.47. The number of rotatable bonds is 3. The molecule has 1 aliphatic heterocycles. The molecule has 0 saturated carbocycles. The molecule has 1 atom stereocenters. The number of ether oxygens (including phenoxy) is 1. The second kappa shape index (κ2) is 5.60. The van der Waals surface area contributed by atoms with E-state index >= 15 is 0 Å². The van der Waals surface area contributed by atoms with Gasteiger partial charge in [-0.05, 0) is 29.3 Å². The van der Waals surface area contributed by atoms with Gasteiger partial charge in [-0.15, -0.1) is 0 Å². The van der Waals surface area contributed by atoms with Crippen LogP contribution in [0.2, 0.25) is 10.0 Å². The summed E-state index contributed by atoms with van der Waals surface area (Å²) < 4.78 is 5.64. The second-order valence-corrected chi connectivity index (χ2v) is 5.61. The molecule has 3 nitrogen and oxygen atoms in total. The highest BCUT2D eigenvalue weighted by molar-refractivity contribution is 6.31. The summed E-state index contributed by atoms with van der Waals surface area (Å²) in [4.78, 5) is 3.92. The number of hydrogen-bond donors (Lipinski definition) is 1. The summed E-state index contributed by atoms with van der Waals surface area (Å²) >= 11 is 12.2. The van der Waals surface area contributed by atoms with Gasteiger partial charge in [0.1, 0.15) is 5.75 Å². The van der Waals surface area contributed by atoms with Crippen LogP contribution in [0, 0.1) is 0 Å². The topological polar surface area (TPSA) is 42.4 Å². The molecule has 1 N–H and O–H groups in total. The molecule has 0 amide bonds. The van der Waals surface area contributed by atoms with E-state index in [1.165, 1.54) is 6.20 Å². The maximum Gasteiger partial charge on any atom is 0.126 e. The SMILES string of the molecule is OC(Cc1cc(Cl)cc2c1OCC2)c1ccncc1Cl. The fraction of sp³-hybridized carbons (Fsp3) is 0.267. The molecule has 2 aromatic rings. The fourth-order valence-corrected chi connectivity index (χ4v) is 2.98. The second-order valence-electron chi connectivity index (χ2n) is 4.77. The third kappa shape index (κ3) is 2.62. The lowest BCUT2D eigenvalue weighted by Gasteiger charge is -2.15. The Hall–Kier alpha value is -1.29. The molecule has 0 aliphatic carbocycles. The highest BCUT2D eigenvalue weighted by atomic mass is 35.5. The van der Waals surface area contributed by atoms with Gasteiger partial charge in [0, 0.05) is 35.8 Å². The third-order valence-corrected chi connectivity index (χ3v) is 3.94. The monoisotopic (exact) mass is 309 g/mol. The highest BCUT2D eigenvalue weighted by Crippen LogP contribution is 2.36. The van der Waals surface area contributed by atoms with E-state index < -0.39 is 6.10 Å². The van der Waals surface area contributed by atoms with Crippen molar-refractivity contribution >= 4 is 23.2 Å². The Balaban J connectivity index is 1.90. The molecule has 1 unspecified atom stereocenters. The maximum atomic E-state index is 10.4. The molecule has 1 aromatic carbocycles. The van der Waals surface area contributed by atoms with Crippen molar-refractivity contribution < 1.29 is 9.84 Å². The van der Waals surface area contributed by atoms with E-state index in [2.05, 4.69) is 4.98 Å². The van der Waals surface area contributed by atoms with Crippen LogP contribution in [0.5, 0.6) is 5.75 Å². The first-order valence-corrected chi connectivity index (χ1v) is 7.12. The number of fused-ring (bicyclic) bond motifs is 1. The number of pyridine rings is 1. The van der Waals surface area contributed by atoms with Crippen LogP contribution >= 0.6 is 23.2 Å². The van der Waals surface area contributed by atoms with Gasteiger partial charge in [-0.25, -0.2) is 0 Å². The largest absolute Gasteiger partial charge is 0.493 e. The smallest absolute Gasteiger partial charge is 0.126 e. The standard InChI is InChI=1S/C15H13Cl2NO2/c16-11-5-9-2-4-20-15(9)10(6-11)7-14(19)12-1-3-18-8-13(12)17/h1,3,5-6,8,14,19H,2,4,7H2. The van der Waals surface area contributed by atoms with E-state index in [-0.39, 0.29) is 0 Å². The van der Waals surface area contributed by atoms with Crippen LogP contribution in [0.25, 0.3) is 0 Å². The molecule has 0 bridgehead atoms. The minimum atomic E-state index is -0.711. The summed E-state index contributed by atoms with van der Waals surface area (Å²) in [5.41, 5.74) is 2.67. The van der Waals surface area contributed by atoms with Crippen molar-refractivity contribution in [2.75, 3.05) is 6.61 Å². The van der Waals surface area contributed by atoms with E-state index in [9.17, 15) is 5.11 Å². The molecule has 3 rings (SSSR count). The molecule has 0 radical (unpaired) electrons. The number of nitrogens with zero attached hydrogens (tertiary/aromatic N) is 1. The Kier molecular flexibility index (Phi) is 3.83. The zero-order valence-electron chi connectivity index (χ0n) is 10.6. The van der Waals surface area contributed by atoms with Gasteiger partial charge in [-0.1, -0.05) is 23.2 Å². The minimum Gasteiger partial charge on any atom is -0.493 e. The van der Waals surface area contributed by atoms with Crippen molar-refractivity contribution in [1.29, 1.82) is 0 Å². The maximum absolute atomic E-state index is 10.4. The number of hydrogen-bond acceptors (Lipinski definition) is 3. The number of aliphatic hydroxyl groups is 1. The minimum absolute atomic E-state index is 0.409. The molecule has 1 aliphatic rings. The van der Waals surface area contributed by atoms with Gasteiger partial charge >= 0.3 is 0 Å². The van der Waals surface area contributed by atoms with Crippen molar-refractivity contribution in [1.82, 2.24) is 4.98 Å². The van der Waals surface area contributed by atoms with Crippen molar-refractivity contribution in [2.45, 2.75) is 18.9 Å². The molecule has 104 valence electrons. The lowest BCUT2D eigenvalue weighted by Crippen LogP contribution is -2.04. The number of aliphatic hydroxyl groups excluding tert-OH is 1. The van der Waals surface area contributed by atoms with Gasteiger partial charge in [0.25, 0.3) is 0 Å². The van der Waals surface area contributed by atoms with Crippen LogP contribution in [0.4, 0.5) is 0 Å². The Morgan fingerprint density at radius 3 is 3.00 bits per heavy atom. The summed E-state index contributed by atoms with van der Waals surface area (Å²) in [5, 5.41) is 11.5. The van der Waals surface area contributed by atoms with E-state index in [0.717, 1.165) is 23.3 Å². The van der Waals surface area contributed by atoms with Crippen LogP contribution in [0.1, 0.15) is 22.8 Å².